The molecule has 5 nitrogen and oxygen atoms in total. The number of nitrogens with two attached hydrogens (primary N) is 1. The van der Waals surface area contributed by atoms with Gasteiger partial charge in [0.05, 0.1) is 13.2 Å². The lowest BCUT2D eigenvalue weighted by atomic mass is 10.4. The molecular formula is C5H11F3N2O3S. The molecule has 0 aromatic rings. The minimum absolute atomic E-state index is 0.0382. The van der Waals surface area contributed by atoms with Crippen LogP contribution in [-0.2, 0) is 15.6 Å². The van der Waals surface area contributed by atoms with Gasteiger partial charge < -0.3 is 4.74 Å². The molecule has 2 N–H and O–H groups in total. The zero-order valence-corrected chi connectivity index (χ0v) is 8.05. The van der Waals surface area contributed by atoms with Crippen LogP contribution in [0.3, 0.4) is 0 Å². The highest BCUT2D eigenvalue weighted by Gasteiger charge is 2.37. The molecular weight excluding hydrogens is 225 g/mol. The lowest BCUT2D eigenvalue weighted by molar-refractivity contribution is -0.259. The van der Waals surface area contributed by atoms with E-state index in [-0.39, 0.29) is 26.3 Å². The van der Waals surface area contributed by atoms with Crippen LogP contribution in [0.25, 0.3) is 0 Å². The molecule has 0 radical (unpaired) electrons. The van der Waals surface area contributed by atoms with Crippen molar-refractivity contribution >= 4 is 10.9 Å². The lowest BCUT2D eigenvalue weighted by Crippen LogP contribution is -2.45. The van der Waals surface area contributed by atoms with Crippen LogP contribution in [-0.4, -0.2) is 45.9 Å². The van der Waals surface area contributed by atoms with Crippen LogP contribution < -0.4 is 5.14 Å². The molecule has 0 unspecified atom stereocenters. The minimum Gasteiger partial charge on any atom is -0.379 e. The van der Waals surface area contributed by atoms with Gasteiger partial charge in [0.25, 0.3) is 0 Å². The van der Waals surface area contributed by atoms with E-state index in [4.69, 9.17) is 13.2 Å². The summed E-state index contributed by atoms with van der Waals surface area (Å²) >= 11 is 0. The van der Waals surface area contributed by atoms with E-state index < -0.39 is 17.2 Å². The summed E-state index contributed by atoms with van der Waals surface area (Å²) in [6.45, 7) is 0.284. The van der Waals surface area contributed by atoms with Gasteiger partial charge in [-0.25, -0.2) is 18.5 Å². The molecule has 1 rings (SSSR count). The number of thiol groups is 1. The van der Waals surface area contributed by atoms with Crippen molar-refractivity contribution < 1.29 is 26.3 Å². The number of rotatable bonds is 0. The molecule has 0 aliphatic carbocycles. The number of morpholine rings is 1. The van der Waals surface area contributed by atoms with Gasteiger partial charge in [-0.2, -0.15) is 13.2 Å². The monoisotopic (exact) mass is 236 g/mol. The Hall–Kier alpha value is -0.380. The van der Waals surface area contributed by atoms with Crippen LogP contribution in [0.5, 0.6) is 0 Å². The second kappa shape index (κ2) is 6.17. The van der Waals surface area contributed by atoms with E-state index in [0.717, 1.165) is 0 Å². The fraction of sp³-hybridized carbons (Fsp3) is 1.00. The molecule has 1 heterocycles. The first kappa shape index (κ1) is 13.6. The lowest BCUT2D eigenvalue weighted by Gasteiger charge is -2.28. The molecule has 1 fully saturated rings. The number of ether oxygens (including phenoxy) is 1. The third kappa shape index (κ3) is 7.06. The molecule has 0 spiro atoms. The van der Waals surface area contributed by atoms with Crippen molar-refractivity contribution in [2.45, 2.75) is 6.30 Å². The molecule has 86 valence electrons. The summed E-state index contributed by atoms with van der Waals surface area (Å²) in [5.74, 6) is 0. The van der Waals surface area contributed by atoms with Crippen molar-refractivity contribution in [3.8, 4) is 0 Å². The molecule has 1 saturated heterocycles. The van der Waals surface area contributed by atoms with E-state index in [1.165, 1.54) is 0 Å². The van der Waals surface area contributed by atoms with Crippen LogP contribution >= 0.6 is 0 Å². The Morgan fingerprint density at radius 3 is 1.79 bits per heavy atom. The zero-order chi connectivity index (χ0) is 11.2. The second-order valence-electron chi connectivity index (χ2n) is 2.35. The predicted octanol–water partition coefficient (Wildman–Crippen LogP) is -0.690. The number of hydrogen-bond donors (Lipinski definition) is 2. The van der Waals surface area contributed by atoms with Gasteiger partial charge in [-0.3, -0.25) is 0 Å². The van der Waals surface area contributed by atoms with Gasteiger partial charge in [-0.15, -0.1) is 0 Å². The average Bonchev–Trinajstić information content (AvgIpc) is 2.03. The van der Waals surface area contributed by atoms with Gasteiger partial charge in [-0.1, -0.05) is 0 Å². The molecule has 1 aliphatic rings. The van der Waals surface area contributed by atoms with Crippen molar-refractivity contribution in [2.24, 2.45) is 5.14 Å². The zero-order valence-electron chi connectivity index (χ0n) is 7.16. The molecule has 1 aliphatic heterocycles. The summed E-state index contributed by atoms with van der Waals surface area (Å²) < 4.78 is 57.8. The van der Waals surface area contributed by atoms with Crippen molar-refractivity contribution in [2.75, 3.05) is 26.3 Å². The molecule has 14 heavy (non-hydrogen) atoms. The standard InChI is InChI=1S/C5H8F3NO.H3NO2S/c6-5(7,8)9-1-3-10-4-2-9;1-4(2)3/h1-4H2;4H,(H2,1,2,3). The Kier molecular flexibility index (Phi) is 6.00. The molecule has 0 amide bonds. The summed E-state index contributed by atoms with van der Waals surface area (Å²) in [6, 6.07) is 0. The van der Waals surface area contributed by atoms with E-state index in [1.807, 2.05) is 0 Å². The normalized spacial score (nSPS) is 18.9. The smallest absolute Gasteiger partial charge is 0.379 e. The maximum atomic E-state index is 11.8. The molecule has 9 heteroatoms. The Balaban J connectivity index is 0.000000364. The number of halogens is 3. The van der Waals surface area contributed by atoms with E-state index in [9.17, 15) is 13.2 Å². The highest BCUT2D eigenvalue weighted by atomic mass is 32.2. The van der Waals surface area contributed by atoms with E-state index in [2.05, 4.69) is 5.14 Å². The minimum atomic E-state index is -4.18. The topological polar surface area (TPSA) is 72.6 Å². The van der Waals surface area contributed by atoms with Gasteiger partial charge in [0.2, 0.25) is 0 Å². The third-order valence-electron chi connectivity index (χ3n) is 1.37. The first-order valence-electron chi connectivity index (χ1n) is 3.62. The maximum Gasteiger partial charge on any atom is 0.460 e. The van der Waals surface area contributed by atoms with E-state index >= 15 is 0 Å². The van der Waals surface area contributed by atoms with Crippen molar-refractivity contribution in [1.29, 1.82) is 0 Å². The highest BCUT2D eigenvalue weighted by molar-refractivity contribution is 7.69. The number of hydrogen-bond acceptors (Lipinski definition) is 4. The summed E-state index contributed by atoms with van der Waals surface area (Å²) in [7, 11) is -2.62. The van der Waals surface area contributed by atoms with E-state index in [0.29, 0.717) is 4.90 Å². The van der Waals surface area contributed by atoms with Crippen LogP contribution in [0.1, 0.15) is 0 Å². The SMILES string of the molecule is FC(F)(F)N1CCOCC1.N[SH](=O)=O. The van der Waals surface area contributed by atoms with Crippen LogP contribution in [0.4, 0.5) is 13.2 Å². The Bertz CT molecular complexity index is 217. The van der Waals surface area contributed by atoms with Crippen molar-refractivity contribution in [3.63, 3.8) is 0 Å². The van der Waals surface area contributed by atoms with Gasteiger partial charge >= 0.3 is 6.30 Å². The third-order valence-corrected chi connectivity index (χ3v) is 1.37. The fourth-order valence-electron chi connectivity index (χ4n) is 0.817. The van der Waals surface area contributed by atoms with Crippen LogP contribution in [0.2, 0.25) is 0 Å². The molecule has 0 aromatic heterocycles. The summed E-state index contributed by atoms with van der Waals surface area (Å²) in [5.41, 5.74) is 0. The Labute approximate surface area is 80.7 Å². The van der Waals surface area contributed by atoms with Gasteiger partial charge in [0.1, 0.15) is 0 Å². The summed E-state index contributed by atoms with van der Waals surface area (Å²) in [5, 5.41) is 4.06. The fourth-order valence-corrected chi connectivity index (χ4v) is 0.817. The van der Waals surface area contributed by atoms with Gasteiger partial charge in [0.15, 0.2) is 10.9 Å². The maximum absolute atomic E-state index is 11.8. The first-order chi connectivity index (χ1) is 6.34. The average molecular weight is 236 g/mol. The summed E-state index contributed by atoms with van der Waals surface area (Å²) in [4.78, 5) is 0.455. The Morgan fingerprint density at radius 2 is 1.57 bits per heavy atom. The highest BCUT2D eigenvalue weighted by Crippen LogP contribution is 2.21. The van der Waals surface area contributed by atoms with E-state index in [1.54, 1.807) is 0 Å². The quantitative estimate of drug-likeness (QED) is 0.431. The first-order valence-corrected chi connectivity index (χ1v) is 4.87. The van der Waals surface area contributed by atoms with Crippen molar-refractivity contribution in [3.05, 3.63) is 0 Å². The second-order valence-corrected chi connectivity index (χ2v) is 2.92. The van der Waals surface area contributed by atoms with Gasteiger partial charge in [0, 0.05) is 13.1 Å². The van der Waals surface area contributed by atoms with Crippen molar-refractivity contribution in [1.82, 2.24) is 4.90 Å². The van der Waals surface area contributed by atoms with Crippen LogP contribution in [0.15, 0.2) is 0 Å². The molecule has 0 atom stereocenters. The molecule has 0 saturated carbocycles. The largest absolute Gasteiger partial charge is 0.460 e. The van der Waals surface area contributed by atoms with Gasteiger partial charge in [-0.05, 0) is 0 Å². The molecule has 0 aromatic carbocycles. The number of nitrogens with zero attached hydrogens (tertiary/aromatic N) is 1. The van der Waals surface area contributed by atoms with Crippen LogP contribution in [0, 0.1) is 0 Å². The molecule has 0 bridgehead atoms. The predicted molar refractivity (Wildman–Crippen MR) is 42.9 cm³/mol. The number of alkyl halides is 3. The summed E-state index contributed by atoms with van der Waals surface area (Å²) in [6.07, 6.45) is -4.18. The Morgan fingerprint density at radius 1 is 1.21 bits per heavy atom.